The van der Waals surface area contributed by atoms with E-state index >= 15 is 0 Å². The average molecular weight is 598 g/mol. The molecule has 0 radical (unpaired) electrons. The minimum absolute atomic E-state index is 0.320. The summed E-state index contributed by atoms with van der Waals surface area (Å²) in [5.41, 5.74) is 4.73. The number of rotatable bonds is 8. The summed E-state index contributed by atoms with van der Waals surface area (Å²) >= 11 is 0. The molecule has 3 aromatic rings. The van der Waals surface area contributed by atoms with E-state index in [4.69, 9.17) is 0 Å². The number of likely N-dealkylation sites (N-methyl/N-ethyl adjacent to an activating group) is 1. The van der Waals surface area contributed by atoms with E-state index in [0.717, 1.165) is 43.7 Å². The third-order valence-electron chi connectivity index (χ3n) is 11.3. The van der Waals surface area contributed by atoms with Crippen LogP contribution in [0, 0.1) is 17.8 Å². The molecule has 3 aromatic carbocycles. The normalized spacial score (nSPS) is 24.6. The molecule has 43 heavy (non-hydrogen) atoms. The Labute approximate surface area is 258 Å². The Morgan fingerprint density at radius 3 is 2.07 bits per heavy atom. The Morgan fingerprint density at radius 2 is 1.37 bits per heavy atom. The van der Waals surface area contributed by atoms with E-state index in [1.54, 1.807) is 47.5 Å². The fraction of sp³-hybridized carbons (Fsp3) is 0.514. The highest BCUT2D eigenvalue weighted by Gasteiger charge is 2.51. The van der Waals surface area contributed by atoms with Gasteiger partial charge in [0.1, 0.15) is 0 Å². The Hall–Kier alpha value is -2.67. The second-order valence-corrected chi connectivity index (χ2v) is 15.6. The zero-order chi connectivity index (χ0) is 29.4. The van der Waals surface area contributed by atoms with Crippen LogP contribution in [0.15, 0.2) is 88.7 Å². The average Bonchev–Trinajstić information content (AvgIpc) is 3.59. The second-order valence-electron chi connectivity index (χ2n) is 13.6. The fourth-order valence-corrected chi connectivity index (χ4v) is 10.3. The molecule has 0 bridgehead atoms. The van der Waals surface area contributed by atoms with Crippen molar-refractivity contribution in [2.75, 3.05) is 50.7 Å². The maximum atomic E-state index is 13.0. The van der Waals surface area contributed by atoms with Crippen LogP contribution in [0.3, 0.4) is 0 Å². The number of sulfone groups is 1. The molecule has 7 rings (SSSR count). The molecule has 3 heterocycles. The first-order valence-corrected chi connectivity index (χ1v) is 18.1. The van der Waals surface area contributed by atoms with Gasteiger partial charge in [0.15, 0.2) is 0 Å². The van der Waals surface area contributed by atoms with Crippen molar-refractivity contribution in [2.45, 2.75) is 67.2 Å². The fourth-order valence-electron chi connectivity index (χ4n) is 9.02. The van der Waals surface area contributed by atoms with E-state index in [2.05, 4.69) is 45.9 Å². The summed E-state index contributed by atoms with van der Waals surface area (Å²) in [6, 6.07) is 25.6. The Balaban J connectivity index is 0.971. The van der Waals surface area contributed by atoms with E-state index in [1.165, 1.54) is 64.7 Å². The van der Waals surface area contributed by atoms with Gasteiger partial charge in [-0.3, -0.25) is 4.90 Å². The highest BCUT2D eigenvalue weighted by Crippen LogP contribution is 2.53. The summed E-state index contributed by atoms with van der Waals surface area (Å²) in [6.45, 7) is 11.6. The molecular formula is C37H47N3O2S. The lowest BCUT2D eigenvalue weighted by atomic mass is 9.57. The summed E-state index contributed by atoms with van der Waals surface area (Å²) in [4.78, 5) is 8.58. The first-order chi connectivity index (χ1) is 21.0. The Kier molecular flexibility index (Phi) is 8.13. The van der Waals surface area contributed by atoms with Crippen molar-refractivity contribution in [3.8, 4) is 0 Å². The van der Waals surface area contributed by atoms with E-state index in [0.29, 0.717) is 21.1 Å². The number of likely N-dealkylation sites (tertiary alicyclic amines) is 1. The zero-order valence-electron chi connectivity index (χ0n) is 25.7. The van der Waals surface area contributed by atoms with Crippen molar-refractivity contribution >= 4 is 15.5 Å². The van der Waals surface area contributed by atoms with Crippen LogP contribution in [-0.4, -0.2) is 64.0 Å². The molecule has 2 saturated heterocycles. The second kappa shape index (κ2) is 12.0. The van der Waals surface area contributed by atoms with Crippen molar-refractivity contribution in [3.63, 3.8) is 0 Å². The Morgan fingerprint density at radius 1 is 0.744 bits per heavy atom. The van der Waals surface area contributed by atoms with Crippen LogP contribution in [0.5, 0.6) is 0 Å². The first kappa shape index (κ1) is 29.1. The topological polar surface area (TPSA) is 43.9 Å². The van der Waals surface area contributed by atoms with Crippen molar-refractivity contribution in [1.29, 1.82) is 0 Å². The largest absolute Gasteiger partial charge is 0.371 e. The number of benzene rings is 3. The molecule has 6 heteroatoms. The summed E-state index contributed by atoms with van der Waals surface area (Å²) in [5, 5.41) is 0. The van der Waals surface area contributed by atoms with Crippen LogP contribution < -0.4 is 4.90 Å². The van der Waals surface area contributed by atoms with Crippen LogP contribution in [0.1, 0.15) is 56.6 Å². The molecule has 1 aliphatic carbocycles. The quantitative estimate of drug-likeness (QED) is 0.292. The van der Waals surface area contributed by atoms with Gasteiger partial charge in [0, 0.05) is 49.7 Å². The van der Waals surface area contributed by atoms with Gasteiger partial charge in [-0.05, 0) is 105 Å². The molecule has 1 saturated carbocycles. The monoisotopic (exact) mass is 597 g/mol. The van der Waals surface area contributed by atoms with Crippen molar-refractivity contribution in [3.05, 3.63) is 90.0 Å². The molecule has 0 spiro atoms. The van der Waals surface area contributed by atoms with Crippen LogP contribution in [0.4, 0.5) is 5.69 Å². The molecule has 5 nitrogen and oxygen atoms in total. The van der Waals surface area contributed by atoms with Gasteiger partial charge in [0.2, 0.25) is 9.84 Å². The van der Waals surface area contributed by atoms with Gasteiger partial charge >= 0.3 is 0 Å². The lowest BCUT2D eigenvalue weighted by Crippen LogP contribution is -2.57. The predicted molar refractivity (Wildman–Crippen MR) is 174 cm³/mol. The number of hydrogen-bond acceptors (Lipinski definition) is 5. The predicted octanol–water partition coefficient (Wildman–Crippen LogP) is 6.63. The molecule has 0 aromatic heterocycles. The van der Waals surface area contributed by atoms with Crippen LogP contribution >= 0.6 is 0 Å². The Bertz CT molecular complexity index is 1490. The van der Waals surface area contributed by atoms with E-state index in [1.807, 2.05) is 18.2 Å². The van der Waals surface area contributed by atoms with Crippen molar-refractivity contribution < 1.29 is 8.42 Å². The molecular weight excluding hydrogens is 550 g/mol. The van der Waals surface area contributed by atoms with Gasteiger partial charge in [-0.25, -0.2) is 8.42 Å². The zero-order valence-corrected chi connectivity index (χ0v) is 26.5. The summed E-state index contributed by atoms with van der Waals surface area (Å²) in [7, 11) is -3.47. The van der Waals surface area contributed by atoms with Gasteiger partial charge in [0.05, 0.1) is 9.79 Å². The van der Waals surface area contributed by atoms with Crippen molar-refractivity contribution in [2.24, 2.45) is 17.8 Å². The van der Waals surface area contributed by atoms with Gasteiger partial charge in [-0.2, -0.15) is 0 Å². The maximum Gasteiger partial charge on any atom is 0.206 e. The van der Waals surface area contributed by atoms with Crippen LogP contribution in [-0.2, 0) is 21.8 Å². The highest BCUT2D eigenvalue weighted by atomic mass is 32.2. The minimum Gasteiger partial charge on any atom is -0.371 e. The molecule has 3 aliphatic heterocycles. The standard InChI is InChI=1S/C37H47N3O2S/c1-2-38-27-30-10-6-9-15-36(30)37(28-38,31-11-7-8-12-31)32-20-22-39(23-21-32)24-29-25-40(26-29)33-16-18-35(19-17-33)43(41,42)34-13-4-3-5-14-34/h3-6,9-10,13-19,29,31-32H,2,7-8,11-12,20-28H2,1H3. The first-order valence-electron chi connectivity index (χ1n) is 16.7. The lowest BCUT2D eigenvalue weighted by molar-refractivity contribution is 0.0359. The van der Waals surface area contributed by atoms with Gasteiger partial charge in [-0.15, -0.1) is 0 Å². The van der Waals surface area contributed by atoms with Crippen LogP contribution in [0.2, 0.25) is 0 Å². The molecule has 4 aliphatic rings. The SMILES string of the molecule is CCN1Cc2ccccc2C(C2CCCC2)(C2CCN(CC3CN(c4ccc(S(=O)(=O)c5ccccc5)cc4)C3)CC2)C1. The number of anilines is 1. The van der Waals surface area contributed by atoms with E-state index in [-0.39, 0.29) is 0 Å². The number of nitrogens with zero attached hydrogens (tertiary/aromatic N) is 3. The van der Waals surface area contributed by atoms with E-state index in [9.17, 15) is 8.42 Å². The third kappa shape index (κ3) is 5.44. The summed E-state index contributed by atoms with van der Waals surface area (Å²) in [6.07, 6.45) is 8.26. The van der Waals surface area contributed by atoms with Gasteiger partial charge in [0.25, 0.3) is 0 Å². The highest BCUT2D eigenvalue weighted by molar-refractivity contribution is 7.91. The summed E-state index contributed by atoms with van der Waals surface area (Å²) in [5.74, 6) is 2.28. The molecule has 3 fully saturated rings. The van der Waals surface area contributed by atoms with E-state index < -0.39 is 9.84 Å². The van der Waals surface area contributed by atoms with Gasteiger partial charge in [-0.1, -0.05) is 62.2 Å². The number of hydrogen-bond donors (Lipinski definition) is 0. The maximum absolute atomic E-state index is 13.0. The summed E-state index contributed by atoms with van der Waals surface area (Å²) < 4.78 is 25.9. The lowest BCUT2D eigenvalue weighted by Gasteiger charge is -2.54. The number of fused-ring (bicyclic) bond motifs is 1. The third-order valence-corrected chi connectivity index (χ3v) is 13.1. The molecule has 0 N–H and O–H groups in total. The molecule has 228 valence electrons. The molecule has 1 atom stereocenters. The van der Waals surface area contributed by atoms with Crippen molar-refractivity contribution in [1.82, 2.24) is 9.80 Å². The number of piperidine rings is 1. The molecule has 1 unspecified atom stereocenters. The molecule has 0 amide bonds. The van der Waals surface area contributed by atoms with Crippen LogP contribution in [0.25, 0.3) is 0 Å². The van der Waals surface area contributed by atoms with Gasteiger partial charge < -0.3 is 9.80 Å². The minimum atomic E-state index is -3.47. The smallest absolute Gasteiger partial charge is 0.206 e.